The van der Waals surface area contributed by atoms with Gasteiger partial charge in [-0.25, -0.2) is 13.2 Å². The van der Waals surface area contributed by atoms with Crippen LogP contribution in [0.25, 0.3) is 0 Å². The SMILES string of the molecule is NCC1CCC(C(=O)Nc2cc(F)cc(F)c2F)O1. The van der Waals surface area contributed by atoms with Crippen LogP contribution in [-0.2, 0) is 9.53 Å². The van der Waals surface area contributed by atoms with Gasteiger partial charge in [0.15, 0.2) is 11.6 Å². The highest BCUT2D eigenvalue weighted by Gasteiger charge is 2.30. The van der Waals surface area contributed by atoms with Crippen LogP contribution in [0.1, 0.15) is 12.8 Å². The zero-order chi connectivity index (χ0) is 14.0. The summed E-state index contributed by atoms with van der Waals surface area (Å²) in [5, 5.41) is 2.12. The van der Waals surface area contributed by atoms with Crippen LogP contribution in [0.5, 0.6) is 0 Å². The van der Waals surface area contributed by atoms with Crippen molar-refractivity contribution in [1.82, 2.24) is 0 Å². The lowest BCUT2D eigenvalue weighted by molar-refractivity contribution is -0.126. The quantitative estimate of drug-likeness (QED) is 0.822. The maximum absolute atomic E-state index is 13.4. The Morgan fingerprint density at radius 3 is 2.74 bits per heavy atom. The number of nitrogens with one attached hydrogen (secondary N) is 1. The molecule has 3 N–H and O–H groups in total. The van der Waals surface area contributed by atoms with E-state index in [0.29, 0.717) is 25.0 Å². The number of hydrogen-bond donors (Lipinski definition) is 2. The minimum Gasteiger partial charge on any atom is -0.364 e. The molecule has 1 aromatic rings. The van der Waals surface area contributed by atoms with E-state index in [9.17, 15) is 18.0 Å². The van der Waals surface area contributed by atoms with Crippen molar-refractivity contribution >= 4 is 11.6 Å². The van der Waals surface area contributed by atoms with Crippen LogP contribution in [0.4, 0.5) is 18.9 Å². The predicted octanol–water partition coefficient (Wildman–Crippen LogP) is 1.55. The van der Waals surface area contributed by atoms with E-state index in [-0.39, 0.29) is 12.6 Å². The summed E-state index contributed by atoms with van der Waals surface area (Å²) in [4.78, 5) is 11.8. The number of anilines is 1. The van der Waals surface area contributed by atoms with Crippen molar-refractivity contribution in [2.45, 2.75) is 25.0 Å². The van der Waals surface area contributed by atoms with Crippen LogP contribution < -0.4 is 11.1 Å². The average Bonchev–Trinajstić information content (AvgIpc) is 2.84. The van der Waals surface area contributed by atoms with E-state index in [1.165, 1.54) is 0 Å². The summed E-state index contributed by atoms with van der Waals surface area (Å²) >= 11 is 0. The summed E-state index contributed by atoms with van der Waals surface area (Å²) in [5.41, 5.74) is 4.86. The summed E-state index contributed by atoms with van der Waals surface area (Å²) in [6.45, 7) is 0.284. The summed E-state index contributed by atoms with van der Waals surface area (Å²) in [7, 11) is 0. The van der Waals surface area contributed by atoms with E-state index >= 15 is 0 Å². The highest BCUT2D eigenvalue weighted by molar-refractivity contribution is 5.94. The minimum atomic E-state index is -1.36. The molecule has 19 heavy (non-hydrogen) atoms. The first-order valence-corrected chi connectivity index (χ1v) is 5.82. The fraction of sp³-hybridized carbons (Fsp3) is 0.417. The van der Waals surface area contributed by atoms with Gasteiger partial charge < -0.3 is 15.8 Å². The van der Waals surface area contributed by atoms with Crippen LogP contribution >= 0.6 is 0 Å². The molecule has 2 unspecified atom stereocenters. The Bertz CT molecular complexity index is 496. The fourth-order valence-electron chi connectivity index (χ4n) is 1.93. The second-order valence-electron chi connectivity index (χ2n) is 4.30. The Morgan fingerprint density at radius 1 is 1.37 bits per heavy atom. The van der Waals surface area contributed by atoms with Crippen molar-refractivity contribution in [2.75, 3.05) is 11.9 Å². The Hall–Kier alpha value is -1.60. The largest absolute Gasteiger partial charge is 0.364 e. The Kier molecular flexibility index (Phi) is 4.06. The lowest BCUT2D eigenvalue weighted by Crippen LogP contribution is -2.30. The van der Waals surface area contributed by atoms with E-state index in [0.717, 1.165) is 0 Å². The second kappa shape index (κ2) is 5.58. The molecule has 104 valence electrons. The number of nitrogens with two attached hydrogens (primary N) is 1. The van der Waals surface area contributed by atoms with Crippen LogP contribution in [0, 0.1) is 17.5 Å². The average molecular weight is 274 g/mol. The van der Waals surface area contributed by atoms with E-state index in [1.54, 1.807) is 0 Å². The maximum Gasteiger partial charge on any atom is 0.253 e. The van der Waals surface area contributed by atoms with Crippen molar-refractivity contribution < 1.29 is 22.7 Å². The topological polar surface area (TPSA) is 64.4 Å². The molecule has 1 amide bonds. The molecule has 1 saturated heterocycles. The number of rotatable bonds is 3. The third kappa shape index (κ3) is 3.05. The lowest BCUT2D eigenvalue weighted by atomic mass is 10.2. The lowest BCUT2D eigenvalue weighted by Gasteiger charge is -2.13. The van der Waals surface area contributed by atoms with E-state index in [2.05, 4.69) is 5.32 Å². The van der Waals surface area contributed by atoms with E-state index < -0.39 is 35.2 Å². The van der Waals surface area contributed by atoms with Crippen molar-refractivity contribution in [3.05, 3.63) is 29.6 Å². The highest BCUT2D eigenvalue weighted by atomic mass is 19.2. The number of amides is 1. The molecule has 0 bridgehead atoms. The highest BCUT2D eigenvalue weighted by Crippen LogP contribution is 2.23. The normalized spacial score (nSPS) is 22.5. The molecule has 1 aliphatic heterocycles. The molecule has 4 nitrogen and oxygen atoms in total. The van der Waals surface area contributed by atoms with Gasteiger partial charge in [-0.1, -0.05) is 0 Å². The van der Waals surface area contributed by atoms with Gasteiger partial charge >= 0.3 is 0 Å². The maximum atomic E-state index is 13.4. The zero-order valence-electron chi connectivity index (χ0n) is 9.96. The first kappa shape index (κ1) is 13.8. The van der Waals surface area contributed by atoms with E-state index in [1.807, 2.05) is 0 Å². The summed E-state index contributed by atoms with van der Waals surface area (Å²) in [6.07, 6.45) is 0.0611. The Labute approximate surface area is 107 Å². The molecule has 1 fully saturated rings. The van der Waals surface area contributed by atoms with Gasteiger partial charge in [0.1, 0.15) is 11.9 Å². The minimum absolute atomic E-state index is 0.218. The number of ether oxygens (including phenoxy) is 1. The van der Waals surface area contributed by atoms with Crippen LogP contribution in [0.2, 0.25) is 0 Å². The third-order valence-corrected chi connectivity index (χ3v) is 2.91. The molecule has 2 atom stereocenters. The van der Waals surface area contributed by atoms with Crippen molar-refractivity contribution in [1.29, 1.82) is 0 Å². The van der Waals surface area contributed by atoms with Gasteiger partial charge in [-0.3, -0.25) is 4.79 Å². The van der Waals surface area contributed by atoms with Gasteiger partial charge in [-0.15, -0.1) is 0 Å². The Morgan fingerprint density at radius 2 is 2.11 bits per heavy atom. The molecule has 2 rings (SSSR count). The predicted molar refractivity (Wildman–Crippen MR) is 61.9 cm³/mol. The molecular weight excluding hydrogens is 261 g/mol. The number of halogens is 3. The molecule has 1 heterocycles. The molecule has 0 radical (unpaired) electrons. The standard InChI is InChI=1S/C12H13F3N2O2/c13-6-3-8(14)11(15)9(4-6)17-12(18)10-2-1-7(5-16)19-10/h3-4,7,10H,1-2,5,16H2,(H,17,18). The molecule has 1 aromatic carbocycles. The van der Waals surface area contributed by atoms with Crippen molar-refractivity contribution in [3.63, 3.8) is 0 Å². The first-order chi connectivity index (χ1) is 9.01. The van der Waals surface area contributed by atoms with Crippen LogP contribution in [-0.4, -0.2) is 24.7 Å². The van der Waals surface area contributed by atoms with Crippen LogP contribution in [0.3, 0.4) is 0 Å². The summed E-state index contributed by atoms with van der Waals surface area (Å²) < 4.78 is 44.6. The monoisotopic (exact) mass is 274 g/mol. The van der Waals surface area contributed by atoms with Gasteiger partial charge in [-0.05, 0) is 12.8 Å². The molecule has 0 saturated carbocycles. The smallest absolute Gasteiger partial charge is 0.253 e. The molecule has 1 aliphatic rings. The van der Waals surface area contributed by atoms with Gasteiger partial charge in [0.2, 0.25) is 0 Å². The van der Waals surface area contributed by atoms with Crippen molar-refractivity contribution in [3.8, 4) is 0 Å². The molecule has 0 aromatic heterocycles. The number of carbonyl (C=O) groups is 1. The van der Waals surface area contributed by atoms with Crippen molar-refractivity contribution in [2.24, 2.45) is 5.73 Å². The summed E-state index contributed by atoms with van der Waals surface area (Å²) in [6, 6.07) is 1.12. The zero-order valence-corrected chi connectivity index (χ0v) is 9.96. The molecule has 0 aliphatic carbocycles. The number of benzene rings is 1. The van der Waals surface area contributed by atoms with Gasteiger partial charge in [0.25, 0.3) is 5.91 Å². The number of carbonyl (C=O) groups excluding carboxylic acids is 1. The molecule has 0 spiro atoms. The van der Waals surface area contributed by atoms with E-state index in [4.69, 9.17) is 10.5 Å². The Balaban J connectivity index is 2.07. The molecule has 7 heteroatoms. The first-order valence-electron chi connectivity index (χ1n) is 5.82. The fourth-order valence-corrected chi connectivity index (χ4v) is 1.93. The van der Waals surface area contributed by atoms with Gasteiger partial charge in [0, 0.05) is 18.7 Å². The third-order valence-electron chi connectivity index (χ3n) is 2.91. The number of hydrogen-bond acceptors (Lipinski definition) is 3. The van der Waals surface area contributed by atoms with Gasteiger partial charge in [-0.2, -0.15) is 0 Å². The second-order valence-corrected chi connectivity index (χ2v) is 4.30. The van der Waals surface area contributed by atoms with Crippen LogP contribution in [0.15, 0.2) is 12.1 Å². The van der Waals surface area contributed by atoms with Gasteiger partial charge in [0.05, 0.1) is 11.8 Å². The summed E-state index contributed by atoms with van der Waals surface area (Å²) in [5.74, 6) is -4.27. The molecular formula is C12H13F3N2O2.